The summed E-state index contributed by atoms with van der Waals surface area (Å²) in [7, 11) is 0. The highest BCUT2D eigenvalue weighted by atomic mass is 14.9. The molecular weight excluding hydrogens is 196 g/mol. The Kier molecular flexibility index (Phi) is 4.38. The van der Waals surface area contributed by atoms with Crippen LogP contribution in [0.25, 0.3) is 0 Å². The first-order valence-corrected chi connectivity index (χ1v) is 6.45. The molecule has 1 fully saturated rings. The molecule has 0 spiro atoms. The van der Waals surface area contributed by atoms with E-state index in [4.69, 9.17) is 5.26 Å². The first-order valence-electron chi connectivity index (χ1n) is 6.45. The molecule has 2 nitrogen and oxygen atoms in total. The average Bonchev–Trinajstić information content (AvgIpc) is 2.07. The summed E-state index contributed by atoms with van der Waals surface area (Å²) >= 11 is 0. The number of hydrogen-bond acceptors (Lipinski definition) is 2. The first-order chi connectivity index (χ1) is 7.35. The predicted octanol–water partition coefficient (Wildman–Crippen LogP) is 3.48. The summed E-state index contributed by atoms with van der Waals surface area (Å²) in [6, 6.07) is 2.83. The van der Waals surface area contributed by atoms with Crippen LogP contribution in [-0.2, 0) is 0 Å². The van der Waals surface area contributed by atoms with E-state index in [1.807, 2.05) is 0 Å². The van der Waals surface area contributed by atoms with Gasteiger partial charge in [0.2, 0.25) is 0 Å². The van der Waals surface area contributed by atoms with Crippen molar-refractivity contribution in [3.63, 3.8) is 0 Å². The van der Waals surface area contributed by atoms with E-state index in [2.05, 4.69) is 39.1 Å². The third-order valence-electron chi connectivity index (χ3n) is 3.45. The Morgan fingerprint density at radius 1 is 1.19 bits per heavy atom. The number of nitrogens with one attached hydrogen (secondary N) is 1. The molecule has 1 rings (SSSR count). The Bertz CT molecular complexity index is 244. The topological polar surface area (TPSA) is 35.8 Å². The van der Waals surface area contributed by atoms with Crippen molar-refractivity contribution in [3.8, 4) is 6.07 Å². The standard InChI is InChI=1S/C14H26N2/c1-13(2)9-12(10-14(3,4)11-13)16-8-6-5-7-15/h12,16H,5-6,8-11H2,1-4H3. The smallest absolute Gasteiger partial charge is 0.0622 e. The van der Waals surface area contributed by atoms with Crippen LogP contribution >= 0.6 is 0 Å². The highest BCUT2D eigenvalue weighted by molar-refractivity contribution is 4.92. The van der Waals surface area contributed by atoms with E-state index >= 15 is 0 Å². The molecule has 1 aliphatic carbocycles. The lowest BCUT2D eigenvalue weighted by atomic mass is 9.63. The highest BCUT2D eigenvalue weighted by Crippen LogP contribution is 2.45. The van der Waals surface area contributed by atoms with Crippen LogP contribution in [0.1, 0.15) is 59.8 Å². The van der Waals surface area contributed by atoms with E-state index in [-0.39, 0.29) is 0 Å². The van der Waals surface area contributed by atoms with E-state index in [1.54, 1.807) is 0 Å². The van der Waals surface area contributed by atoms with Crippen molar-refractivity contribution >= 4 is 0 Å². The second-order valence-corrected chi connectivity index (χ2v) is 6.83. The van der Waals surface area contributed by atoms with Crippen LogP contribution in [0, 0.1) is 22.2 Å². The van der Waals surface area contributed by atoms with Crippen LogP contribution < -0.4 is 5.32 Å². The van der Waals surface area contributed by atoms with Crippen molar-refractivity contribution in [2.45, 2.75) is 65.8 Å². The van der Waals surface area contributed by atoms with Gasteiger partial charge in [-0.25, -0.2) is 0 Å². The van der Waals surface area contributed by atoms with Crippen LogP contribution in [0.4, 0.5) is 0 Å². The molecule has 0 saturated heterocycles. The minimum absolute atomic E-state index is 0.453. The van der Waals surface area contributed by atoms with Crippen molar-refractivity contribution in [1.82, 2.24) is 5.32 Å². The van der Waals surface area contributed by atoms with Crippen molar-refractivity contribution in [2.75, 3.05) is 6.54 Å². The number of unbranched alkanes of at least 4 members (excludes halogenated alkanes) is 1. The Balaban J connectivity index is 2.39. The molecule has 1 N–H and O–H groups in total. The highest BCUT2D eigenvalue weighted by Gasteiger charge is 2.37. The van der Waals surface area contributed by atoms with Crippen molar-refractivity contribution in [2.24, 2.45) is 10.8 Å². The molecule has 92 valence electrons. The van der Waals surface area contributed by atoms with Gasteiger partial charge in [-0.2, -0.15) is 5.26 Å². The van der Waals surface area contributed by atoms with E-state index in [0.717, 1.165) is 13.0 Å². The molecule has 0 aromatic carbocycles. The summed E-state index contributed by atoms with van der Waals surface area (Å²) in [6.07, 6.45) is 5.50. The first kappa shape index (κ1) is 13.5. The van der Waals surface area contributed by atoms with Gasteiger partial charge in [0.05, 0.1) is 6.07 Å². The summed E-state index contributed by atoms with van der Waals surface area (Å²) in [4.78, 5) is 0. The maximum atomic E-state index is 8.49. The van der Waals surface area contributed by atoms with Gasteiger partial charge >= 0.3 is 0 Å². The molecule has 0 aromatic rings. The third kappa shape index (κ3) is 4.53. The van der Waals surface area contributed by atoms with Gasteiger partial charge in [-0.1, -0.05) is 27.7 Å². The van der Waals surface area contributed by atoms with Gasteiger partial charge < -0.3 is 5.32 Å². The second-order valence-electron chi connectivity index (χ2n) is 6.83. The van der Waals surface area contributed by atoms with Gasteiger partial charge in [0.1, 0.15) is 0 Å². The molecule has 0 bridgehead atoms. The largest absolute Gasteiger partial charge is 0.314 e. The van der Waals surface area contributed by atoms with Gasteiger partial charge in [0, 0.05) is 12.5 Å². The monoisotopic (exact) mass is 222 g/mol. The maximum Gasteiger partial charge on any atom is 0.0622 e. The fraction of sp³-hybridized carbons (Fsp3) is 0.929. The second kappa shape index (κ2) is 5.19. The molecule has 0 amide bonds. The van der Waals surface area contributed by atoms with E-state index in [9.17, 15) is 0 Å². The number of rotatable bonds is 4. The molecule has 0 radical (unpaired) electrons. The summed E-state index contributed by atoms with van der Waals surface area (Å²) < 4.78 is 0. The zero-order valence-corrected chi connectivity index (χ0v) is 11.3. The van der Waals surface area contributed by atoms with E-state index in [0.29, 0.717) is 23.3 Å². The normalized spacial score (nSPS) is 23.9. The molecular formula is C14H26N2. The predicted molar refractivity (Wildman–Crippen MR) is 68.1 cm³/mol. The van der Waals surface area contributed by atoms with Gasteiger partial charge in [-0.3, -0.25) is 0 Å². The average molecular weight is 222 g/mol. The Morgan fingerprint density at radius 3 is 2.25 bits per heavy atom. The van der Waals surface area contributed by atoms with Gasteiger partial charge in [-0.15, -0.1) is 0 Å². The van der Waals surface area contributed by atoms with Crippen molar-refractivity contribution in [1.29, 1.82) is 5.26 Å². The fourth-order valence-electron chi connectivity index (χ4n) is 3.46. The van der Waals surface area contributed by atoms with Crippen LogP contribution in [0.3, 0.4) is 0 Å². The molecule has 2 heteroatoms. The third-order valence-corrected chi connectivity index (χ3v) is 3.45. The molecule has 0 atom stereocenters. The summed E-state index contributed by atoms with van der Waals surface area (Å²) in [5, 5.41) is 12.1. The fourth-order valence-corrected chi connectivity index (χ4v) is 3.46. The minimum atomic E-state index is 0.453. The minimum Gasteiger partial charge on any atom is -0.314 e. The quantitative estimate of drug-likeness (QED) is 0.739. The van der Waals surface area contributed by atoms with Crippen molar-refractivity contribution < 1.29 is 0 Å². The van der Waals surface area contributed by atoms with Crippen LogP contribution in [0.15, 0.2) is 0 Å². The van der Waals surface area contributed by atoms with Crippen LogP contribution in [0.5, 0.6) is 0 Å². The maximum absolute atomic E-state index is 8.49. The lowest BCUT2D eigenvalue weighted by molar-refractivity contribution is 0.0852. The zero-order chi connectivity index (χ0) is 12.2. The van der Waals surface area contributed by atoms with Crippen molar-refractivity contribution in [3.05, 3.63) is 0 Å². The lowest BCUT2D eigenvalue weighted by Crippen LogP contribution is -2.44. The summed E-state index contributed by atoms with van der Waals surface area (Å²) in [5.74, 6) is 0. The number of nitriles is 1. The zero-order valence-electron chi connectivity index (χ0n) is 11.3. The lowest BCUT2D eigenvalue weighted by Gasteiger charge is -2.45. The number of nitrogens with zero attached hydrogens (tertiary/aromatic N) is 1. The number of hydrogen-bond donors (Lipinski definition) is 1. The van der Waals surface area contributed by atoms with E-state index in [1.165, 1.54) is 19.3 Å². The molecule has 1 aliphatic rings. The Labute approximate surface area is 100 Å². The molecule has 0 aliphatic heterocycles. The summed E-state index contributed by atoms with van der Waals surface area (Å²) in [6.45, 7) is 10.5. The van der Waals surface area contributed by atoms with Crippen LogP contribution in [-0.4, -0.2) is 12.6 Å². The Hall–Kier alpha value is -0.550. The van der Waals surface area contributed by atoms with Gasteiger partial charge in [-0.05, 0) is 43.1 Å². The summed E-state index contributed by atoms with van der Waals surface area (Å²) in [5.41, 5.74) is 0.906. The van der Waals surface area contributed by atoms with Gasteiger partial charge in [0.25, 0.3) is 0 Å². The molecule has 0 heterocycles. The Morgan fingerprint density at radius 2 is 1.75 bits per heavy atom. The molecule has 1 saturated carbocycles. The van der Waals surface area contributed by atoms with Gasteiger partial charge in [0.15, 0.2) is 0 Å². The van der Waals surface area contributed by atoms with Crippen LogP contribution in [0.2, 0.25) is 0 Å². The SMILES string of the molecule is CC1(C)CC(NCCCC#N)CC(C)(C)C1. The molecule has 0 unspecified atom stereocenters. The molecule has 0 aromatic heterocycles. The van der Waals surface area contributed by atoms with E-state index < -0.39 is 0 Å². The molecule has 16 heavy (non-hydrogen) atoms.